The zero-order chi connectivity index (χ0) is 14.6. The van der Waals surface area contributed by atoms with Gasteiger partial charge in [-0.3, -0.25) is 0 Å². The third-order valence-corrected chi connectivity index (χ3v) is 4.56. The van der Waals surface area contributed by atoms with Gasteiger partial charge in [0.1, 0.15) is 11.5 Å². The Balaban J connectivity index is 2.37. The summed E-state index contributed by atoms with van der Waals surface area (Å²) in [7, 11) is 3.41. The molecule has 0 bridgehead atoms. The van der Waals surface area contributed by atoms with E-state index in [0.717, 1.165) is 18.0 Å². The summed E-state index contributed by atoms with van der Waals surface area (Å²) < 4.78 is 10.8. The Morgan fingerprint density at radius 1 is 1.10 bits per heavy atom. The van der Waals surface area contributed by atoms with Crippen LogP contribution in [0.5, 0.6) is 11.5 Å². The molecule has 0 amide bonds. The van der Waals surface area contributed by atoms with Gasteiger partial charge < -0.3 is 14.8 Å². The van der Waals surface area contributed by atoms with E-state index < -0.39 is 0 Å². The predicted octanol–water partition coefficient (Wildman–Crippen LogP) is 3.93. The molecule has 0 aromatic heterocycles. The minimum atomic E-state index is 0.327. The van der Waals surface area contributed by atoms with Gasteiger partial charge in [0.15, 0.2) is 0 Å². The van der Waals surface area contributed by atoms with Gasteiger partial charge in [-0.2, -0.15) is 0 Å². The van der Waals surface area contributed by atoms with Gasteiger partial charge >= 0.3 is 0 Å². The molecule has 1 atom stereocenters. The number of hydrogen-bond acceptors (Lipinski definition) is 3. The van der Waals surface area contributed by atoms with E-state index in [0.29, 0.717) is 11.5 Å². The summed E-state index contributed by atoms with van der Waals surface area (Å²) in [5.74, 6) is 1.73. The lowest BCUT2D eigenvalue weighted by Gasteiger charge is -2.35. The van der Waals surface area contributed by atoms with E-state index in [2.05, 4.69) is 31.3 Å². The Labute approximate surface area is 122 Å². The predicted molar refractivity (Wildman–Crippen MR) is 82.5 cm³/mol. The molecule has 3 heteroatoms. The highest BCUT2D eigenvalue weighted by atomic mass is 16.5. The number of ether oxygens (including phenoxy) is 2. The normalized spacial score (nSPS) is 18.8. The maximum absolute atomic E-state index is 5.41. The molecule has 1 aromatic rings. The zero-order valence-electron chi connectivity index (χ0n) is 13.2. The largest absolute Gasteiger partial charge is 0.497 e. The maximum Gasteiger partial charge on any atom is 0.122 e. The topological polar surface area (TPSA) is 30.5 Å². The molecule has 0 spiro atoms. The first kappa shape index (κ1) is 15.2. The van der Waals surface area contributed by atoms with Crippen molar-refractivity contribution in [3.8, 4) is 11.5 Å². The minimum absolute atomic E-state index is 0.327. The molecular weight excluding hydrogens is 250 g/mol. The smallest absolute Gasteiger partial charge is 0.122 e. The SMILES string of the molecule is CCNC(c1cc(OC)cc(OC)c1)C1(C)CCCC1. The molecule has 1 aliphatic carbocycles. The zero-order valence-corrected chi connectivity index (χ0v) is 13.2. The number of hydrogen-bond donors (Lipinski definition) is 1. The number of methoxy groups -OCH3 is 2. The summed E-state index contributed by atoms with van der Waals surface area (Å²) in [6.45, 7) is 5.54. The van der Waals surface area contributed by atoms with E-state index >= 15 is 0 Å². The standard InChI is InChI=1S/C17H27NO2/c1-5-18-16(17(2)8-6-7-9-17)13-10-14(19-3)12-15(11-13)20-4/h10-12,16,18H,5-9H2,1-4H3. The van der Waals surface area contributed by atoms with Gasteiger partial charge in [-0.05, 0) is 42.5 Å². The second-order valence-corrected chi connectivity index (χ2v) is 6.00. The third kappa shape index (κ3) is 3.09. The van der Waals surface area contributed by atoms with Crippen molar-refractivity contribution in [2.45, 2.75) is 45.6 Å². The van der Waals surface area contributed by atoms with E-state index in [1.807, 2.05) is 6.07 Å². The highest BCUT2D eigenvalue weighted by molar-refractivity contribution is 5.40. The van der Waals surface area contributed by atoms with Crippen molar-refractivity contribution in [2.75, 3.05) is 20.8 Å². The summed E-state index contributed by atoms with van der Waals surface area (Å²) in [5, 5.41) is 3.67. The number of benzene rings is 1. The van der Waals surface area contributed by atoms with Crippen LogP contribution in [0, 0.1) is 5.41 Å². The van der Waals surface area contributed by atoms with Crippen LogP contribution >= 0.6 is 0 Å². The molecule has 0 saturated heterocycles. The molecule has 1 aliphatic rings. The van der Waals surface area contributed by atoms with Gasteiger partial charge in [-0.25, -0.2) is 0 Å². The Morgan fingerprint density at radius 2 is 1.65 bits per heavy atom. The van der Waals surface area contributed by atoms with Gasteiger partial charge in [-0.15, -0.1) is 0 Å². The van der Waals surface area contributed by atoms with Gasteiger partial charge in [0.25, 0.3) is 0 Å². The van der Waals surface area contributed by atoms with Crippen molar-refractivity contribution < 1.29 is 9.47 Å². The summed E-state index contributed by atoms with van der Waals surface area (Å²) in [4.78, 5) is 0. The van der Waals surface area contributed by atoms with Crippen LogP contribution in [-0.2, 0) is 0 Å². The number of nitrogens with one attached hydrogen (secondary N) is 1. The fourth-order valence-corrected chi connectivity index (χ4v) is 3.44. The second kappa shape index (κ2) is 6.49. The lowest BCUT2D eigenvalue weighted by atomic mass is 9.77. The molecule has 1 aromatic carbocycles. The quantitative estimate of drug-likeness (QED) is 0.854. The first-order valence-electron chi connectivity index (χ1n) is 7.59. The summed E-state index contributed by atoms with van der Waals surface area (Å²) >= 11 is 0. The van der Waals surface area contributed by atoms with Crippen molar-refractivity contribution in [3.63, 3.8) is 0 Å². The van der Waals surface area contributed by atoms with Crippen molar-refractivity contribution in [3.05, 3.63) is 23.8 Å². The molecule has 20 heavy (non-hydrogen) atoms. The Hall–Kier alpha value is -1.22. The molecule has 112 valence electrons. The molecule has 1 fully saturated rings. The van der Waals surface area contributed by atoms with E-state index in [9.17, 15) is 0 Å². The van der Waals surface area contributed by atoms with Gasteiger partial charge in [0, 0.05) is 12.1 Å². The molecule has 2 rings (SSSR count). The van der Waals surface area contributed by atoms with Crippen LogP contribution in [0.4, 0.5) is 0 Å². The van der Waals surface area contributed by atoms with Gasteiger partial charge in [0.2, 0.25) is 0 Å². The summed E-state index contributed by atoms with van der Waals surface area (Å²) in [5.41, 5.74) is 1.60. The monoisotopic (exact) mass is 277 g/mol. The molecule has 3 nitrogen and oxygen atoms in total. The highest BCUT2D eigenvalue weighted by Gasteiger charge is 2.37. The van der Waals surface area contributed by atoms with Gasteiger partial charge in [-0.1, -0.05) is 26.7 Å². The van der Waals surface area contributed by atoms with Crippen LogP contribution in [0.1, 0.15) is 51.1 Å². The molecule has 1 N–H and O–H groups in total. The lowest BCUT2D eigenvalue weighted by molar-refractivity contribution is 0.225. The first-order chi connectivity index (χ1) is 9.62. The fourth-order valence-electron chi connectivity index (χ4n) is 3.44. The second-order valence-electron chi connectivity index (χ2n) is 6.00. The molecule has 0 radical (unpaired) electrons. The fraction of sp³-hybridized carbons (Fsp3) is 0.647. The molecule has 0 aliphatic heterocycles. The molecule has 1 saturated carbocycles. The molecular formula is C17H27NO2. The third-order valence-electron chi connectivity index (χ3n) is 4.56. The highest BCUT2D eigenvalue weighted by Crippen LogP contribution is 2.48. The molecule has 0 heterocycles. The van der Waals surface area contributed by atoms with Crippen molar-refractivity contribution in [1.29, 1.82) is 0 Å². The average Bonchev–Trinajstić information content (AvgIpc) is 2.91. The van der Waals surface area contributed by atoms with Crippen LogP contribution in [0.3, 0.4) is 0 Å². The van der Waals surface area contributed by atoms with Crippen LogP contribution in [0.25, 0.3) is 0 Å². The van der Waals surface area contributed by atoms with E-state index in [-0.39, 0.29) is 0 Å². The first-order valence-corrected chi connectivity index (χ1v) is 7.59. The maximum atomic E-state index is 5.41. The Morgan fingerprint density at radius 3 is 2.10 bits per heavy atom. The summed E-state index contributed by atoms with van der Waals surface area (Å²) in [6, 6.07) is 6.57. The van der Waals surface area contributed by atoms with Crippen LogP contribution in [-0.4, -0.2) is 20.8 Å². The Kier molecular flexibility index (Phi) is 4.92. The van der Waals surface area contributed by atoms with Crippen LogP contribution < -0.4 is 14.8 Å². The van der Waals surface area contributed by atoms with Gasteiger partial charge in [0.05, 0.1) is 14.2 Å². The van der Waals surface area contributed by atoms with Crippen molar-refractivity contribution >= 4 is 0 Å². The average molecular weight is 277 g/mol. The van der Waals surface area contributed by atoms with E-state index in [1.54, 1.807) is 14.2 Å². The summed E-state index contributed by atoms with van der Waals surface area (Å²) in [6.07, 6.45) is 5.23. The molecule has 1 unspecified atom stereocenters. The lowest BCUT2D eigenvalue weighted by Crippen LogP contribution is -2.34. The Bertz CT molecular complexity index is 416. The van der Waals surface area contributed by atoms with Crippen LogP contribution in [0.2, 0.25) is 0 Å². The van der Waals surface area contributed by atoms with Crippen molar-refractivity contribution in [2.24, 2.45) is 5.41 Å². The van der Waals surface area contributed by atoms with E-state index in [1.165, 1.54) is 31.2 Å². The number of rotatable bonds is 6. The van der Waals surface area contributed by atoms with E-state index in [4.69, 9.17) is 9.47 Å². The van der Waals surface area contributed by atoms with Crippen LogP contribution in [0.15, 0.2) is 18.2 Å². The minimum Gasteiger partial charge on any atom is -0.497 e. The van der Waals surface area contributed by atoms with Crippen molar-refractivity contribution in [1.82, 2.24) is 5.32 Å².